The van der Waals surface area contributed by atoms with Crippen molar-refractivity contribution in [1.29, 1.82) is 0 Å². The van der Waals surface area contributed by atoms with Crippen LogP contribution in [0.15, 0.2) is 77.2 Å². The highest BCUT2D eigenvalue weighted by atomic mass is 16.6. The van der Waals surface area contributed by atoms with Crippen LogP contribution in [-0.2, 0) is 22.4 Å². The fraction of sp³-hybridized carbons (Fsp3) is 0.323. The van der Waals surface area contributed by atoms with Crippen LogP contribution in [0.25, 0.3) is 10.8 Å². The van der Waals surface area contributed by atoms with E-state index in [1.54, 1.807) is 20.8 Å². The van der Waals surface area contributed by atoms with Gasteiger partial charge in [-0.05, 0) is 55.5 Å². The molecule has 4 aromatic rings. The molecule has 0 aliphatic carbocycles. The summed E-state index contributed by atoms with van der Waals surface area (Å²) in [5.74, 6) is -2.19. The van der Waals surface area contributed by atoms with Gasteiger partial charge < -0.3 is 25.5 Å². The Balaban J connectivity index is 1.51. The molecular weight excluding hydrogens is 522 g/mol. The Hall–Kier alpha value is -4.73. The van der Waals surface area contributed by atoms with Gasteiger partial charge in [0.2, 0.25) is 11.8 Å². The van der Waals surface area contributed by atoms with Gasteiger partial charge in [0.05, 0.1) is 11.8 Å². The summed E-state index contributed by atoms with van der Waals surface area (Å²) in [7, 11) is 0. The molecule has 0 saturated carbocycles. The van der Waals surface area contributed by atoms with E-state index in [0.717, 1.165) is 21.9 Å². The summed E-state index contributed by atoms with van der Waals surface area (Å²) in [5.41, 5.74) is 6.58. The molecule has 10 nitrogen and oxygen atoms in total. The quantitative estimate of drug-likeness (QED) is 0.251. The first-order valence-corrected chi connectivity index (χ1v) is 13.5. The summed E-state index contributed by atoms with van der Waals surface area (Å²) in [6, 6.07) is 23.7. The molecule has 1 heterocycles. The number of nitrogens with zero attached hydrogens (tertiary/aromatic N) is 2. The Kier molecular flexibility index (Phi) is 9.34. The Bertz CT molecular complexity index is 1500. The summed E-state index contributed by atoms with van der Waals surface area (Å²) >= 11 is 0. The van der Waals surface area contributed by atoms with Gasteiger partial charge in [-0.15, -0.1) is 10.2 Å². The number of alkyl carbamates (subject to hydrolysis) is 1. The zero-order valence-electron chi connectivity index (χ0n) is 23.4. The number of hydrogen-bond acceptors (Lipinski definition) is 7. The van der Waals surface area contributed by atoms with Crippen molar-refractivity contribution < 1.29 is 23.5 Å². The molecule has 4 N–H and O–H groups in total. The average molecular weight is 558 g/mol. The van der Waals surface area contributed by atoms with Crippen molar-refractivity contribution in [2.75, 3.05) is 13.1 Å². The van der Waals surface area contributed by atoms with Crippen LogP contribution >= 0.6 is 0 Å². The number of fused-ring (bicyclic) bond motifs is 1. The van der Waals surface area contributed by atoms with Gasteiger partial charge >= 0.3 is 17.9 Å². The van der Waals surface area contributed by atoms with Gasteiger partial charge in [-0.1, -0.05) is 72.8 Å². The number of rotatable bonds is 11. The molecule has 41 heavy (non-hydrogen) atoms. The van der Waals surface area contributed by atoms with Crippen LogP contribution in [0.3, 0.4) is 0 Å². The Morgan fingerprint density at radius 2 is 1.56 bits per heavy atom. The largest absolute Gasteiger partial charge is 0.444 e. The lowest BCUT2D eigenvalue weighted by atomic mass is 9.95. The fourth-order valence-corrected chi connectivity index (χ4v) is 4.44. The summed E-state index contributed by atoms with van der Waals surface area (Å²) in [6.45, 7) is 5.57. The van der Waals surface area contributed by atoms with E-state index >= 15 is 0 Å². The molecule has 0 aliphatic heterocycles. The molecular formula is C31H35N5O5. The molecule has 10 heteroatoms. The predicted octanol–water partition coefficient (Wildman–Crippen LogP) is 4.15. The van der Waals surface area contributed by atoms with Crippen molar-refractivity contribution in [1.82, 2.24) is 20.8 Å². The number of aromatic nitrogens is 2. The monoisotopic (exact) mass is 557 g/mol. The lowest BCUT2D eigenvalue weighted by Crippen LogP contribution is -2.42. The van der Waals surface area contributed by atoms with E-state index in [9.17, 15) is 14.4 Å². The number of amides is 3. The van der Waals surface area contributed by atoms with Crippen LogP contribution in [0.5, 0.6) is 0 Å². The highest BCUT2D eigenvalue weighted by Gasteiger charge is 2.26. The zero-order chi connectivity index (χ0) is 29.4. The van der Waals surface area contributed by atoms with Crippen molar-refractivity contribution >= 4 is 28.7 Å². The summed E-state index contributed by atoms with van der Waals surface area (Å²) in [6.07, 6.45) is 0.274. The molecule has 4 rings (SSSR count). The number of nitrogens with one attached hydrogen (secondary N) is 2. The highest BCUT2D eigenvalue weighted by Crippen LogP contribution is 2.21. The molecule has 0 bridgehead atoms. The number of benzene rings is 3. The highest BCUT2D eigenvalue weighted by molar-refractivity contribution is 5.87. The van der Waals surface area contributed by atoms with Gasteiger partial charge in [0.15, 0.2) is 0 Å². The van der Waals surface area contributed by atoms with Crippen molar-refractivity contribution in [2.45, 2.75) is 45.1 Å². The van der Waals surface area contributed by atoms with E-state index in [4.69, 9.17) is 14.9 Å². The predicted molar refractivity (Wildman–Crippen MR) is 154 cm³/mol. The van der Waals surface area contributed by atoms with Crippen LogP contribution in [0, 0.1) is 5.92 Å². The van der Waals surface area contributed by atoms with E-state index in [2.05, 4.69) is 20.8 Å². The Labute approximate surface area is 238 Å². The Morgan fingerprint density at radius 3 is 2.24 bits per heavy atom. The standard InChI is InChI=1S/C31H35N5O5/c1-31(2,3)41-30(39)34-18-24(17-21-13-14-22-11-7-8-12-23(22)16-21)27(38)33-19-25(15-20-9-5-4-6-10-20)28-35-36-29(40-28)26(32)37/h4-14,16,24-25H,15,17-19H2,1-3H3,(H2,32,37)(H,33,38)(H,34,39)/t24-,25-/m1/s1. The van der Waals surface area contributed by atoms with E-state index < -0.39 is 29.4 Å². The van der Waals surface area contributed by atoms with Crippen molar-refractivity contribution in [3.05, 3.63) is 95.7 Å². The van der Waals surface area contributed by atoms with Crippen molar-refractivity contribution in [3.63, 3.8) is 0 Å². The zero-order valence-corrected chi connectivity index (χ0v) is 23.4. The maximum Gasteiger partial charge on any atom is 0.407 e. The number of carbonyl (C=O) groups excluding carboxylic acids is 3. The molecule has 0 fully saturated rings. The minimum absolute atomic E-state index is 0.0727. The SMILES string of the molecule is CC(C)(C)OC(=O)NC[C@@H](Cc1ccc2ccccc2c1)C(=O)NC[C@@H](Cc1ccccc1)c1nnc(C(N)=O)o1. The maximum atomic E-state index is 13.6. The number of primary amides is 1. The molecule has 0 saturated heterocycles. The lowest BCUT2D eigenvalue weighted by molar-refractivity contribution is -0.124. The van der Waals surface area contributed by atoms with Gasteiger partial charge in [-0.2, -0.15) is 0 Å². The van der Waals surface area contributed by atoms with E-state index in [-0.39, 0.29) is 30.8 Å². The molecule has 3 amide bonds. The second-order valence-corrected chi connectivity index (χ2v) is 10.9. The first-order valence-electron chi connectivity index (χ1n) is 13.5. The second kappa shape index (κ2) is 13.1. The van der Waals surface area contributed by atoms with Gasteiger partial charge in [0, 0.05) is 13.1 Å². The van der Waals surface area contributed by atoms with Gasteiger partial charge in [-0.3, -0.25) is 9.59 Å². The minimum atomic E-state index is -0.824. The fourth-order valence-electron chi connectivity index (χ4n) is 4.44. The molecule has 0 spiro atoms. The number of ether oxygens (including phenoxy) is 1. The lowest BCUT2D eigenvalue weighted by Gasteiger charge is -2.22. The van der Waals surface area contributed by atoms with Crippen molar-refractivity contribution in [2.24, 2.45) is 11.7 Å². The van der Waals surface area contributed by atoms with Crippen LogP contribution in [0.1, 0.15) is 54.4 Å². The third-order valence-corrected chi connectivity index (χ3v) is 6.41. The normalized spacial score (nSPS) is 12.9. The first-order chi connectivity index (χ1) is 19.6. The average Bonchev–Trinajstić information content (AvgIpc) is 3.43. The minimum Gasteiger partial charge on any atom is -0.444 e. The van der Waals surface area contributed by atoms with E-state index in [0.29, 0.717) is 12.8 Å². The van der Waals surface area contributed by atoms with Crippen LogP contribution in [0.2, 0.25) is 0 Å². The summed E-state index contributed by atoms with van der Waals surface area (Å²) in [5, 5.41) is 15.6. The maximum absolute atomic E-state index is 13.6. The third-order valence-electron chi connectivity index (χ3n) is 6.41. The molecule has 0 radical (unpaired) electrons. The summed E-state index contributed by atoms with van der Waals surface area (Å²) < 4.78 is 10.9. The Morgan fingerprint density at radius 1 is 0.854 bits per heavy atom. The topological polar surface area (TPSA) is 149 Å². The molecule has 214 valence electrons. The van der Waals surface area contributed by atoms with Crippen molar-refractivity contribution in [3.8, 4) is 0 Å². The van der Waals surface area contributed by atoms with E-state index in [1.807, 2.05) is 72.8 Å². The molecule has 0 unspecified atom stereocenters. The molecule has 3 aromatic carbocycles. The second-order valence-electron chi connectivity index (χ2n) is 10.9. The molecule has 2 atom stereocenters. The smallest absolute Gasteiger partial charge is 0.407 e. The number of nitrogens with two attached hydrogens (primary N) is 1. The number of carbonyl (C=O) groups is 3. The van der Waals surface area contributed by atoms with Crippen LogP contribution < -0.4 is 16.4 Å². The van der Waals surface area contributed by atoms with Crippen LogP contribution in [-0.4, -0.2) is 46.8 Å². The van der Waals surface area contributed by atoms with Gasteiger partial charge in [0.1, 0.15) is 5.60 Å². The van der Waals surface area contributed by atoms with Gasteiger partial charge in [0.25, 0.3) is 0 Å². The van der Waals surface area contributed by atoms with E-state index in [1.165, 1.54) is 0 Å². The molecule has 0 aliphatic rings. The van der Waals surface area contributed by atoms with Gasteiger partial charge in [-0.25, -0.2) is 4.79 Å². The number of hydrogen-bond donors (Lipinski definition) is 3. The first kappa shape index (κ1) is 29.3. The van der Waals surface area contributed by atoms with Crippen LogP contribution in [0.4, 0.5) is 4.79 Å². The third kappa shape index (κ3) is 8.63. The summed E-state index contributed by atoms with van der Waals surface area (Å²) in [4.78, 5) is 37.5. The molecule has 1 aromatic heterocycles.